The largest absolute Gasteiger partial charge is 0.522 e. The van der Waals surface area contributed by atoms with Gasteiger partial charge in [-0.2, -0.15) is 45.1 Å². The van der Waals surface area contributed by atoms with Gasteiger partial charge in [-0.3, -0.25) is 3.87 Å². The highest BCUT2D eigenvalue weighted by Gasteiger charge is 2.49. The first-order chi connectivity index (χ1) is 12.7. The average molecular weight is 452 g/mol. The molecule has 3 nitrogen and oxygen atoms in total. The van der Waals surface area contributed by atoms with Gasteiger partial charge in [0.25, 0.3) is 0 Å². The Bertz CT molecular complexity index is 834. The predicted molar refractivity (Wildman–Crippen MR) is 108 cm³/mol. The van der Waals surface area contributed by atoms with Gasteiger partial charge in [0.1, 0.15) is 0 Å². The van der Waals surface area contributed by atoms with Crippen LogP contribution in [0.15, 0.2) is 48.5 Å². The van der Waals surface area contributed by atoms with Crippen LogP contribution in [0.2, 0.25) is 0 Å². The maximum absolute atomic E-state index is 13.0. The lowest BCUT2D eigenvalue weighted by molar-refractivity contribution is -0.0500. The second-order valence-electron chi connectivity index (χ2n) is 5.50. The van der Waals surface area contributed by atoms with Gasteiger partial charge in [0, 0.05) is 11.5 Å². The van der Waals surface area contributed by atoms with E-state index >= 15 is 0 Å². The molecule has 0 aliphatic heterocycles. The Balaban J connectivity index is 2.68. The Morgan fingerprint density at radius 2 is 1.44 bits per heavy atom. The molecule has 0 aliphatic carbocycles. The molecule has 147 valence electrons. The minimum atomic E-state index is -5.72. The van der Waals surface area contributed by atoms with Crippen LogP contribution in [0.5, 0.6) is 0 Å². The van der Waals surface area contributed by atoms with Crippen LogP contribution in [0.25, 0.3) is 0 Å². The zero-order valence-corrected chi connectivity index (χ0v) is 18.1. The molecule has 27 heavy (non-hydrogen) atoms. The predicted octanol–water partition coefficient (Wildman–Crippen LogP) is 3.38. The van der Waals surface area contributed by atoms with Crippen molar-refractivity contribution in [2.45, 2.75) is 17.0 Å². The molecule has 0 bridgehead atoms. The summed E-state index contributed by atoms with van der Waals surface area (Å²) in [5, 5.41) is 1.02. The third-order valence-corrected chi connectivity index (χ3v) is 8.84. The summed E-state index contributed by atoms with van der Waals surface area (Å²) >= 11 is 3.03. The molecule has 0 saturated heterocycles. The van der Waals surface area contributed by atoms with E-state index in [1.807, 2.05) is 30.7 Å². The van der Waals surface area contributed by atoms with E-state index in [2.05, 4.69) is 0 Å². The lowest BCUT2D eigenvalue weighted by Gasteiger charge is -2.22. The van der Waals surface area contributed by atoms with Crippen molar-refractivity contribution in [3.05, 3.63) is 59.7 Å². The van der Waals surface area contributed by atoms with Crippen LogP contribution >= 0.6 is 23.5 Å². The molecular formula is C17H18F3O3S3Si. The minimum Gasteiger partial charge on any atom is -0.296 e. The molecule has 0 fully saturated rings. The fraction of sp³-hybridized carbons (Fsp3) is 0.294. The minimum absolute atomic E-state index is 0.450. The normalized spacial score (nSPS) is 12.5. The van der Waals surface area contributed by atoms with E-state index in [9.17, 15) is 21.6 Å². The molecule has 2 aromatic rings. The first kappa shape index (κ1) is 22.3. The van der Waals surface area contributed by atoms with E-state index in [1.165, 1.54) is 23.5 Å². The molecule has 0 saturated carbocycles. The summed E-state index contributed by atoms with van der Waals surface area (Å²) in [7, 11) is -8.40. The molecule has 10 heteroatoms. The highest BCUT2D eigenvalue weighted by Crippen LogP contribution is 2.26. The van der Waals surface area contributed by atoms with Crippen LogP contribution < -0.4 is 10.4 Å². The molecule has 0 spiro atoms. The quantitative estimate of drug-likeness (QED) is 0.455. The fourth-order valence-electron chi connectivity index (χ4n) is 2.48. The lowest BCUT2D eigenvalue weighted by Crippen LogP contribution is -2.51. The Hall–Kier alpha value is -0.943. The van der Waals surface area contributed by atoms with E-state index in [-0.39, 0.29) is 0 Å². The van der Waals surface area contributed by atoms with E-state index in [0.717, 1.165) is 11.1 Å². The van der Waals surface area contributed by atoms with Crippen molar-refractivity contribution in [1.82, 2.24) is 0 Å². The molecule has 0 amide bonds. The Labute approximate surface area is 167 Å². The third-order valence-electron chi connectivity index (χ3n) is 3.58. The zero-order valence-electron chi connectivity index (χ0n) is 14.6. The van der Waals surface area contributed by atoms with Crippen LogP contribution in [-0.4, -0.2) is 35.5 Å². The van der Waals surface area contributed by atoms with E-state index in [4.69, 9.17) is 3.87 Å². The van der Waals surface area contributed by atoms with Gasteiger partial charge in [0.05, 0.1) is 0 Å². The van der Waals surface area contributed by atoms with Crippen LogP contribution in [0.3, 0.4) is 0 Å². The van der Waals surface area contributed by atoms with Crippen LogP contribution in [0.4, 0.5) is 13.2 Å². The molecule has 0 aliphatic rings. The second kappa shape index (κ2) is 9.51. The molecule has 0 aromatic heterocycles. The van der Waals surface area contributed by atoms with Gasteiger partial charge < -0.3 is 0 Å². The number of hydrogen-bond acceptors (Lipinski definition) is 5. The first-order valence-electron chi connectivity index (χ1n) is 7.73. The number of halogens is 3. The maximum atomic E-state index is 13.0. The smallest absolute Gasteiger partial charge is 0.296 e. The summed E-state index contributed by atoms with van der Waals surface area (Å²) in [6, 6.07) is 13.7. The summed E-state index contributed by atoms with van der Waals surface area (Å²) in [6.45, 7) is 0. The van der Waals surface area contributed by atoms with Gasteiger partial charge in [0.15, 0.2) is 0 Å². The van der Waals surface area contributed by atoms with E-state index in [0.29, 0.717) is 21.9 Å². The fourth-order valence-corrected chi connectivity index (χ4v) is 7.52. The molecular weight excluding hydrogens is 433 g/mol. The first-order valence-corrected chi connectivity index (χ1v) is 13.3. The van der Waals surface area contributed by atoms with Crippen LogP contribution in [0.1, 0.15) is 11.1 Å². The summed E-state index contributed by atoms with van der Waals surface area (Å²) in [5.74, 6) is 1.10. The summed E-state index contributed by atoms with van der Waals surface area (Å²) < 4.78 is 67.6. The monoisotopic (exact) mass is 451 g/mol. The van der Waals surface area contributed by atoms with Gasteiger partial charge in [-0.15, -0.1) is 0 Å². The van der Waals surface area contributed by atoms with Crippen LogP contribution in [-0.2, 0) is 25.5 Å². The van der Waals surface area contributed by atoms with Gasteiger partial charge in [0.2, 0.25) is 0 Å². The van der Waals surface area contributed by atoms with Crippen molar-refractivity contribution < 1.29 is 25.5 Å². The Morgan fingerprint density at radius 1 is 0.926 bits per heavy atom. The molecule has 0 heterocycles. The summed E-state index contributed by atoms with van der Waals surface area (Å²) in [5.41, 5.74) is -3.88. The van der Waals surface area contributed by atoms with Crippen molar-refractivity contribution in [3.8, 4) is 0 Å². The topological polar surface area (TPSA) is 43.4 Å². The van der Waals surface area contributed by atoms with Gasteiger partial charge in [-0.1, -0.05) is 48.5 Å². The molecule has 1 radical (unpaired) electrons. The average Bonchev–Trinajstić information content (AvgIpc) is 2.61. The van der Waals surface area contributed by atoms with Crippen molar-refractivity contribution in [1.29, 1.82) is 0 Å². The van der Waals surface area contributed by atoms with E-state index < -0.39 is 24.7 Å². The molecule has 0 atom stereocenters. The van der Waals surface area contributed by atoms with Crippen molar-refractivity contribution in [3.63, 3.8) is 0 Å². The summed E-state index contributed by atoms with van der Waals surface area (Å²) in [6.07, 6.45) is 3.76. The van der Waals surface area contributed by atoms with E-state index in [1.54, 1.807) is 30.3 Å². The number of hydrogen-bond donors (Lipinski definition) is 0. The standard InChI is InChI=1S/C17H18F3O3S3Si/c1-24-11-13-7-6-8-14(12-25-2)16(13)27(15-9-4-3-5-10-15)23-26(21,22)17(18,19)20/h3-10H,11-12H2,1-2H3. The maximum Gasteiger partial charge on any atom is 0.522 e. The highest BCUT2D eigenvalue weighted by molar-refractivity contribution is 7.98. The van der Waals surface area contributed by atoms with Crippen molar-refractivity contribution in [2.75, 3.05) is 12.5 Å². The van der Waals surface area contributed by atoms with Gasteiger partial charge in [-0.05, 0) is 34.0 Å². The lowest BCUT2D eigenvalue weighted by atomic mass is 10.1. The number of rotatable bonds is 8. The van der Waals surface area contributed by atoms with Crippen LogP contribution in [0, 0.1) is 0 Å². The molecule has 2 aromatic carbocycles. The third kappa shape index (κ3) is 5.54. The molecule has 0 unspecified atom stereocenters. The number of alkyl halides is 3. The van der Waals surface area contributed by atoms with Crippen molar-refractivity contribution in [2.24, 2.45) is 0 Å². The second-order valence-corrected chi connectivity index (χ2v) is 11.0. The number of benzene rings is 2. The van der Waals surface area contributed by atoms with Crippen molar-refractivity contribution >= 4 is 53.1 Å². The summed E-state index contributed by atoms with van der Waals surface area (Å²) in [4.78, 5) is 0. The number of thioether (sulfide) groups is 2. The molecule has 0 N–H and O–H groups in total. The zero-order chi connectivity index (χ0) is 20.1. The Morgan fingerprint density at radius 3 is 1.89 bits per heavy atom. The Kier molecular flexibility index (Phi) is 7.87. The van der Waals surface area contributed by atoms with Gasteiger partial charge in [-0.25, -0.2) is 0 Å². The SMILES string of the molecule is CSCc1cccc(CSC)c1[Si](OS(=O)(=O)C(F)(F)F)c1ccccc1. The highest BCUT2D eigenvalue weighted by atomic mass is 32.2. The van der Waals surface area contributed by atoms with Gasteiger partial charge >= 0.3 is 24.7 Å². The molecule has 2 rings (SSSR count).